The lowest BCUT2D eigenvalue weighted by molar-refractivity contribution is -0.124. The van der Waals surface area contributed by atoms with Crippen molar-refractivity contribution in [3.05, 3.63) is 48.0 Å². The van der Waals surface area contributed by atoms with Crippen LogP contribution in [0.15, 0.2) is 47.4 Å². The molecule has 0 spiro atoms. The number of amides is 1. The van der Waals surface area contributed by atoms with E-state index in [9.17, 15) is 4.79 Å². The first-order chi connectivity index (χ1) is 11.6. The molecule has 0 saturated heterocycles. The van der Waals surface area contributed by atoms with E-state index in [4.69, 9.17) is 4.74 Å². The van der Waals surface area contributed by atoms with Crippen LogP contribution in [0.3, 0.4) is 0 Å². The Morgan fingerprint density at radius 2 is 1.92 bits per heavy atom. The van der Waals surface area contributed by atoms with Crippen molar-refractivity contribution in [1.82, 2.24) is 5.32 Å². The molecule has 3 nitrogen and oxygen atoms in total. The van der Waals surface area contributed by atoms with Gasteiger partial charge in [0.2, 0.25) is 5.91 Å². The number of thioether (sulfide) groups is 1. The molecule has 1 unspecified atom stereocenters. The van der Waals surface area contributed by atoms with Crippen molar-refractivity contribution in [2.24, 2.45) is 5.92 Å². The molecule has 1 aliphatic heterocycles. The Morgan fingerprint density at radius 1 is 1.21 bits per heavy atom. The monoisotopic (exact) mass is 341 g/mol. The quantitative estimate of drug-likeness (QED) is 0.830. The molecule has 2 aromatic carbocycles. The van der Waals surface area contributed by atoms with Gasteiger partial charge in [-0.15, -0.1) is 11.8 Å². The first-order valence-corrected chi connectivity index (χ1v) is 9.51. The average molecular weight is 341 g/mol. The van der Waals surface area contributed by atoms with Crippen molar-refractivity contribution >= 4 is 17.7 Å². The third-order valence-electron chi connectivity index (χ3n) is 4.25. The highest BCUT2D eigenvalue weighted by molar-refractivity contribution is 7.98. The molecule has 0 radical (unpaired) electrons. The van der Waals surface area contributed by atoms with E-state index in [1.54, 1.807) is 11.8 Å². The standard InChI is InChI=1S/C20H23NO2S/c1-13(2)20(22)21-12-17-11-16-10-15(6-9-19(16)23-17)14-4-7-18(24-3)8-5-14/h4-10,13,17H,11-12H2,1-3H3,(H,21,22). The predicted octanol–water partition coefficient (Wildman–Crippen LogP) is 4.15. The second kappa shape index (κ2) is 7.31. The van der Waals surface area contributed by atoms with E-state index in [1.807, 2.05) is 19.9 Å². The summed E-state index contributed by atoms with van der Waals surface area (Å²) >= 11 is 1.75. The van der Waals surface area contributed by atoms with Crippen molar-refractivity contribution in [1.29, 1.82) is 0 Å². The molecule has 1 heterocycles. The van der Waals surface area contributed by atoms with E-state index < -0.39 is 0 Å². The minimum absolute atomic E-state index is 0.00429. The van der Waals surface area contributed by atoms with Crippen LogP contribution in [0.1, 0.15) is 19.4 Å². The van der Waals surface area contributed by atoms with Gasteiger partial charge in [-0.3, -0.25) is 4.79 Å². The summed E-state index contributed by atoms with van der Waals surface area (Å²) in [5, 5.41) is 2.95. The van der Waals surface area contributed by atoms with Crippen LogP contribution >= 0.6 is 11.8 Å². The van der Waals surface area contributed by atoms with E-state index in [2.05, 4.69) is 48.0 Å². The molecule has 0 fully saturated rings. The van der Waals surface area contributed by atoms with Crippen LogP contribution in [-0.4, -0.2) is 24.8 Å². The molecule has 0 aromatic heterocycles. The molecule has 0 saturated carbocycles. The minimum atomic E-state index is 0.00429. The molecule has 24 heavy (non-hydrogen) atoms. The van der Waals surface area contributed by atoms with Gasteiger partial charge in [0.25, 0.3) is 0 Å². The second-order valence-electron chi connectivity index (χ2n) is 6.39. The third-order valence-corrected chi connectivity index (χ3v) is 5.00. The highest BCUT2D eigenvalue weighted by Gasteiger charge is 2.24. The summed E-state index contributed by atoms with van der Waals surface area (Å²) in [6.07, 6.45) is 2.95. The zero-order chi connectivity index (χ0) is 17.1. The van der Waals surface area contributed by atoms with Gasteiger partial charge in [-0.05, 0) is 47.2 Å². The number of nitrogens with one attached hydrogen (secondary N) is 1. The molecule has 4 heteroatoms. The van der Waals surface area contributed by atoms with Crippen LogP contribution in [-0.2, 0) is 11.2 Å². The lowest BCUT2D eigenvalue weighted by Crippen LogP contribution is -2.36. The first-order valence-electron chi connectivity index (χ1n) is 8.28. The van der Waals surface area contributed by atoms with E-state index in [1.165, 1.54) is 21.6 Å². The Kier molecular flexibility index (Phi) is 5.14. The summed E-state index contributed by atoms with van der Waals surface area (Å²) in [4.78, 5) is 13.0. The van der Waals surface area contributed by atoms with Crippen LogP contribution in [0, 0.1) is 5.92 Å². The van der Waals surface area contributed by atoms with Gasteiger partial charge in [-0.25, -0.2) is 0 Å². The normalized spacial score (nSPS) is 15.9. The number of fused-ring (bicyclic) bond motifs is 1. The van der Waals surface area contributed by atoms with Gasteiger partial charge in [0.15, 0.2) is 0 Å². The Bertz CT molecular complexity index is 725. The van der Waals surface area contributed by atoms with E-state index >= 15 is 0 Å². The highest BCUT2D eigenvalue weighted by atomic mass is 32.2. The minimum Gasteiger partial charge on any atom is -0.488 e. The van der Waals surface area contributed by atoms with E-state index in [-0.39, 0.29) is 17.9 Å². The first kappa shape index (κ1) is 16.9. The molecule has 3 rings (SSSR count). The molecule has 1 amide bonds. The Morgan fingerprint density at radius 3 is 2.58 bits per heavy atom. The summed E-state index contributed by atoms with van der Waals surface area (Å²) in [6, 6.07) is 14.9. The molecule has 2 aromatic rings. The van der Waals surface area contributed by atoms with Gasteiger partial charge < -0.3 is 10.1 Å². The number of carbonyl (C=O) groups is 1. The second-order valence-corrected chi connectivity index (χ2v) is 7.27. The molecular weight excluding hydrogens is 318 g/mol. The van der Waals surface area contributed by atoms with Gasteiger partial charge in [0.1, 0.15) is 11.9 Å². The predicted molar refractivity (Wildman–Crippen MR) is 99.6 cm³/mol. The summed E-state index contributed by atoms with van der Waals surface area (Å²) < 4.78 is 5.95. The van der Waals surface area contributed by atoms with Gasteiger partial charge in [0, 0.05) is 17.2 Å². The number of ether oxygens (including phenoxy) is 1. The molecule has 1 aliphatic rings. The molecule has 0 aliphatic carbocycles. The van der Waals surface area contributed by atoms with Crippen molar-refractivity contribution in [3.8, 4) is 16.9 Å². The van der Waals surface area contributed by atoms with Gasteiger partial charge in [0.05, 0.1) is 6.54 Å². The molecule has 1 atom stereocenters. The van der Waals surface area contributed by atoms with Crippen molar-refractivity contribution < 1.29 is 9.53 Å². The Balaban J connectivity index is 1.68. The summed E-state index contributed by atoms with van der Waals surface area (Å²) in [7, 11) is 0. The van der Waals surface area contributed by atoms with Crippen molar-refractivity contribution in [3.63, 3.8) is 0 Å². The molecule has 1 N–H and O–H groups in total. The smallest absolute Gasteiger partial charge is 0.222 e. The number of benzene rings is 2. The van der Waals surface area contributed by atoms with Crippen LogP contribution in [0.4, 0.5) is 0 Å². The molecule has 0 bridgehead atoms. The number of rotatable bonds is 5. The van der Waals surface area contributed by atoms with Crippen LogP contribution < -0.4 is 10.1 Å². The molecule has 126 valence electrons. The Labute approximate surface area is 147 Å². The maximum Gasteiger partial charge on any atom is 0.222 e. The zero-order valence-corrected chi connectivity index (χ0v) is 15.2. The third kappa shape index (κ3) is 3.75. The van der Waals surface area contributed by atoms with E-state index in [0.717, 1.165) is 12.2 Å². The number of hydrogen-bond acceptors (Lipinski definition) is 3. The van der Waals surface area contributed by atoms with Gasteiger partial charge in [-0.1, -0.05) is 32.0 Å². The summed E-state index contributed by atoms with van der Waals surface area (Å²) in [6.45, 7) is 4.35. The lowest BCUT2D eigenvalue weighted by atomic mass is 10.0. The fourth-order valence-corrected chi connectivity index (χ4v) is 3.22. The Hall–Kier alpha value is -1.94. The highest BCUT2D eigenvalue weighted by Crippen LogP contribution is 2.33. The van der Waals surface area contributed by atoms with Gasteiger partial charge in [-0.2, -0.15) is 0 Å². The zero-order valence-electron chi connectivity index (χ0n) is 14.3. The largest absolute Gasteiger partial charge is 0.488 e. The number of hydrogen-bond donors (Lipinski definition) is 1. The maximum absolute atomic E-state index is 11.7. The van der Waals surface area contributed by atoms with Crippen molar-refractivity contribution in [2.45, 2.75) is 31.3 Å². The molecular formula is C20H23NO2S. The summed E-state index contributed by atoms with van der Waals surface area (Å²) in [5.41, 5.74) is 3.63. The van der Waals surface area contributed by atoms with Crippen LogP contribution in [0.2, 0.25) is 0 Å². The van der Waals surface area contributed by atoms with Gasteiger partial charge >= 0.3 is 0 Å². The maximum atomic E-state index is 11.7. The van der Waals surface area contributed by atoms with Crippen molar-refractivity contribution in [2.75, 3.05) is 12.8 Å². The number of carbonyl (C=O) groups excluding carboxylic acids is 1. The fourth-order valence-electron chi connectivity index (χ4n) is 2.82. The SMILES string of the molecule is CSc1ccc(-c2ccc3c(c2)CC(CNC(=O)C(C)C)O3)cc1. The van der Waals surface area contributed by atoms with E-state index in [0.29, 0.717) is 6.54 Å². The average Bonchev–Trinajstić information content (AvgIpc) is 3.01. The lowest BCUT2D eigenvalue weighted by Gasteiger charge is -2.13. The topological polar surface area (TPSA) is 38.3 Å². The van der Waals surface area contributed by atoms with Crippen LogP contribution in [0.25, 0.3) is 11.1 Å². The fraction of sp³-hybridized carbons (Fsp3) is 0.350. The van der Waals surface area contributed by atoms with Crippen LogP contribution in [0.5, 0.6) is 5.75 Å². The summed E-state index contributed by atoms with van der Waals surface area (Å²) in [5.74, 6) is 1.01.